The number of nitrogens with one attached hydrogen (secondary N) is 1. The number of anilines is 1. The van der Waals surface area contributed by atoms with E-state index < -0.39 is 14.9 Å². The molecule has 11 heteroatoms. The second-order valence-corrected chi connectivity index (χ2v) is 8.72. The minimum atomic E-state index is -3.56. The molecule has 1 aliphatic rings. The van der Waals surface area contributed by atoms with Gasteiger partial charge in [-0.1, -0.05) is 11.6 Å². The summed E-state index contributed by atoms with van der Waals surface area (Å²) in [7, 11) is -2.25. The number of carbonyl (C=O) groups is 1. The van der Waals surface area contributed by atoms with E-state index in [0.29, 0.717) is 37.4 Å². The first-order chi connectivity index (χ1) is 13.7. The first-order valence-electron chi connectivity index (χ1n) is 8.74. The lowest BCUT2D eigenvalue weighted by Crippen LogP contribution is -2.49. The Bertz CT molecular complexity index is 1030. The van der Waals surface area contributed by atoms with E-state index in [9.17, 15) is 23.3 Å². The van der Waals surface area contributed by atoms with Crippen molar-refractivity contribution in [1.29, 1.82) is 0 Å². The predicted molar refractivity (Wildman–Crippen MR) is 109 cm³/mol. The number of benzene rings is 2. The second kappa shape index (κ2) is 8.36. The van der Waals surface area contributed by atoms with Gasteiger partial charge in [-0.2, -0.15) is 0 Å². The monoisotopic (exact) mass is 438 g/mol. The number of sulfonamides is 1. The molecule has 0 aromatic heterocycles. The lowest BCUT2D eigenvalue weighted by Gasteiger charge is -2.35. The lowest BCUT2D eigenvalue weighted by atomic mass is 10.1. The normalized spacial score (nSPS) is 14.7. The number of nitro benzene ring substituents is 1. The average Bonchev–Trinajstić information content (AvgIpc) is 2.73. The van der Waals surface area contributed by atoms with E-state index in [-0.39, 0.29) is 21.5 Å². The van der Waals surface area contributed by atoms with E-state index in [4.69, 9.17) is 11.6 Å². The van der Waals surface area contributed by atoms with Crippen molar-refractivity contribution in [3.8, 4) is 0 Å². The lowest BCUT2D eigenvalue weighted by molar-refractivity contribution is -0.384. The van der Waals surface area contributed by atoms with Gasteiger partial charge in [-0.3, -0.25) is 14.9 Å². The number of hydrogen-bond acceptors (Lipinski definition) is 6. The van der Waals surface area contributed by atoms with Crippen LogP contribution in [0, 0.1) is 10.1 Å². The van der Waals surface area contributed by atoms with Crippen LogP contribution in [0.5, 0.6) is 0 Å². The summed E-state index contributed by atoms with van der Waals surface area (Å²) in [6.45, 7) is 1.63. The van der Waals surface area contributed by atoms with Crippen molar-refractivity contribution in [2.45, 2.75) is 4.90 Å². The fourth-order valence-corrected chi connectivity index (χ4v) is 4.03. The van der Waals surface area contributed by atoms with Gasteiger partial charge in [-0.05, 0) is 43.4 Å². The summed E-state index contributed by atoms with van der Waals surface area (Å²) in [5.74, 6) is -0.219. The third-order valence-corrected chi connectivity index (χ3v) is 6.39. The topological polar surface area (TPSA) is 113 Å². The summed E-state index contributed by atoms with van der Waals surface area (Å²) in [5.41, 5.74) is 0.776. The Hall–Kier alpha value is -2.69. The molecule has 0 saturated carbocycles. The van der Waals surface area contributed by atoms with E-state index in [0.717, 1.165) is 0 Å². The number of piperazine rings is 1. The van der Waals surface area contributed by atoms with Crippen molar-refractivity contribution in [1.82, 2.24) is 9.62 Å². The SMILES string of the molecule is CNS(=O)(=O)c1ccc(C(=O)N2CCN(c3ccc(Cl)cc3[N+](=O)[O-])CC2)cc1. The van der Waals surface area contributed by atoms with Crippen LogP contribution in [-0.2, 0) is 10.0 Å². The molecular weight excluding hydrogens is 420 g/mol. The molecule has 0 radical (unpaired) electrons. The number of halogens is 1. The van der Waals surface area contributed by atoms with E-state index in [2.05, 4.69) is 4.72 Å². The first-order valence-corrected chi connectivity index (χ1v) is 10.6. The summed E-state index contributed by atoms with van der Waals surface area (Å²) in [5, 5.41) is 11.6. The van der Waals surface area contributed by atoms with Crippen molar-refractivity contribution in [3.05, 3.63) is 63.2 Å². The van der Waals surface area contributed by atoms with E-state index >= 15 is 0 Å². The van der Waals surface area contributed by atoms with Gasteiger partial charge < -0.3 is 9.80 Å². The Morgan fingerprint density at radius 2 is 1.72 bits per heavy atom. The van der Waals surface area contributed by atoms with E-state index in [1.807, 2.05) is 4.90 Å². The van der Waals surface area contributed by atoms with E-state index in [1.54, 1.807) is 17.0 Å². The number of nitro groups is 1. The number of carbonyl (C=O) groups excluding carboxylic acids is 1. The number of hydrogen-bond donors (Lipinski definition) is 1. The van der Waals surface area contributed by atoms with Gasteiger partial charge in [0.2, 0.25) is 10.0 Å². The molecular formula is C18H19ClN4O5S. The molecule has 0 aliphatic carbocycles. The number of nitrogens with zero attached hydrogens (tertiary/aromatic N) is 3. The number of rotatable bonds is 5. The van der Waals surface area contributed by atoms with Crippen LogP contribution in [-0.4, -0.2) is 57.4 Å². The molecule has 1 fully saturated rings. The standard InChI is InChI=1S/C18H19ClN4O5S/c1-20-29(27,28)15-5-2-13(3-6-15)18(24)22-10-8-21(9-11-22)16-7-4-14(19)12-17(16)23(25)26/h2-7,12,20H,8-11H2,1H3. The maximum absolute atomic E-state index is 12.7. The van der Waals surface area contributed by atoms with E-state index in [1.165, 1.54) is 37.4 Å². The second-order valence-electron chi connectivity index (χ2n) is 6.40. The zero-order valence-electron chi connectivity index (χ0n) is 15.5. The van der Waals surface area contributed by atoms with Crippen LogP contribution in [0.1, 0.15) is 10.4 Å². The molecule has 3 rings (SSSR count). The third kappa shape index (κ3) is 4.50. The van der Waals surface area contributed by atoms with Gasteiger partial charge in [0.05, 0.1) is 9.82 Å². The van der Waals surface area contributed by atoms with Crippen molar-refractivity contribution in [3.63, 3.8) is 0 Å². The van der Waals surface area contributed by atoms with Crippen molar-refractivity contribution in [2.75, 3.05) is 38.1 Å². The van der Waals surface area contributed by atoms with Crippen LogP contribution in [0.3, 0.4) is 0 Å². The Morgan fingerprint density at radius 3 is 2.28 bits per heavy atom. The molecule has 9 nitrogen and oxygen atoms in total. The van der Waals surface area contributed by atoms with Crippen LogP contribution < -0.4 is 9.62 Å². The predicted octanol–water partition coefficient (Wildman–Crippen LogP) is 2.12. The molecule has 1 N–H and O–H groups in total. The molecule has 1 amide bonds. The molecule has 1 saturated heterocycles. The van der Waals surface area contributed by atoms with Crippen LogP contribution in [0.2, 0.25) is 5.02 Å². The highest BCUT2D eigenvalue weighted by molar-refractivity contribution is 7.89. The van der Waals surface area contributed by atoms with Crippen molar-refractivity contribution >= 4 is 38.9 Å². The average molecular weight is 439 g/mol. The van der Waals surface area contributed by atoms with Crippen LogP contribution in [0.15, 0.2) is 47.4 Å². The third-order valence-electron chi connectivity index (χ3n) is 4.72. The summed E-state index contributed by atoms with van der Waals surface area (Å²) in [4.78, 5) is 27.1. The highest BCUT2D eigenvalue weighted by Crippen LogP contribution is 2.31. The summed E-state index contributed by atoms with van der Waals surface area (Å²) in [6.07, 6.45) is 0. The molecule has 29 heavy (non-hydrogen) atoms. The quantitative estimate of drug-likeness (QED) is 0.565. The van der Waals surface area contributed by atoms with Crippen LogP contribution >= 0.6 is 11.6 Å². The molecule has 0 unspecified atom stereocenters. The highest BCUT2D eigenvalue weighted by atomic mass is 35.5. The minimum Gasteiger partial charge on any atom is -0.362 e. The van der Waals surface area contributed by atoms with Gasteiger partial charge in [0.15, 0.2) is 0 Å². The zero-order chi connectivity index (χ0) is 21.2. The molecule has 154 valence electrons. The first kappa shape index (κ1) is 21.0. The summed E-state index contributed by atoms with van der Waals surface area (Å²) in [6, 6.07) is 10.2. The maximum Gasteiger partial charge on any atom is 0.294 e. The largest absolute Gasteiger partial charge is 0.362 e. The van der Waals surface area contributed by atoms with Gasteiger partial charge in [0.1, 0.15) is 5.69 Å². The summed E-state index contributed by atoms with van der Waals surface area (Å²) >= 11 is 5.86. The van der Waals surface area contributed by atoms with Crippen LogP contribution in [0.25, 0.3) is 0 Å². The highest BCUT2D eigenvalue weighted by Gasteiger charge is 2.26. The molecule has 1 aliphatic heterocycles. The van der Waals surface area contributed by atoms with Gasteiger partial charge in [-0.25, -0.2) is 13.1 Å². The Balaban J connectivity index is 1.70. The fourth-order valence-electron chi connectivity index (χ4n) is 3.14. The molecule has 0 bridgehead atoms. The number of amides is 1. The smallest absolute Gasteiger partial charge is 0.294 e. The van der Waals surface area contributed by atoms with Gasteiger partial charge >= 0.3 is 0 Å². The molecule has 1 heterocycles. The van der Waals surface area contributed by atoms with Gasteiger partial charge in [0.25, 0.3) is 11.6 Å². The molecule has 2 aromatic carbocycles. The minimum absolute atomic E-state index is 0.0707. The zero-order valence-corrected chi connectivity index (χ0v) is 17.1. The Labute approximate surface area is 173 Å². The van der Waals surface area contributed by atoms with Crippen LogP contribution in [0.4, 0.5) is 11.4 Å². The summed E-state index contributed by atoms with van der Waals surface area (Å²) < 4.78 is 25.8. The Morgan fingerprint density at radius 1 is 1.10 bits per heavy atom. The molecule has 0 spiro atoms. The molecule has 2 aromatic rings. The maximum atomic E-state index is 12.7. The van der Waals surface area contributed by atoms with Gasteiger partial charge in [0, 0.05) is 42.8 Å². The van der Waals surface area contributed by atoms with Crippen molar-refractivity contribution < 1.29 is 18.1 Å². The molecule has 0 atom stereocenters. The fraction of sp³-hybridized carbons (Fsp3) is 0.278. The van der Waals surface area contributed by atoms with Crippen molar-refractivity contribution in [2.24, 2.45) is 0 Å². The van der Waals surface area contributed by atoms with Gasteiger partial charge in [-0.15, -0.1) is 0 Å². The Kier molecular flexibility index (Phi) is 6.06.